The number of alkyl halides is 1. The largest absolute Gasteiger partial charge is 0.493 e. The van der Waals surface area contributed by atoms with Crippen molar-refractivity contribution in [3.8, 4) is 5.75 Å². The molecule has 1 aliphatic carbocycles. The number of aromatic carboxylic acids is 1. The summed E-state index contributed by atoms with van der Waals surface area (Å²) < 4.78 is 6.08. The van der Waals surface area contributed by atoms with Crippen LogP contribution in [0.2, 0.25) is 5.02 Å². The lowest BCUT2D eigenvalue weighted by Gasteiger charge is -2.24. The van der Waals surface area contributed by atoms with Crippen LogP contribution in [0.3, 0.4) is 0 Å². The molecule has 0 bridgehead atoms. The second-order valence-electron chi connectivity index (χ2n) is 7.81. The molecule has 0 saturated heterocycles. The zero-order valence-corrected chi connectivity index (χ0v) is 18.1. The standard InChI is InChI=1S/C23H26Cl2O4/c1-13-4-3-5-22(14(13)2)29-12-18-16(21(26)11-20(18)25)8-6-15-7-9-17(23(27)28)19(24)10-15/h3-5,7,9-10,16,18,20-21,26H,6,8,11-12H2,1-2H3,(H,27,28)/t16-,18?,20?,21?/m1/s1. The van der Waals surface area contributed by atoms with Crippen LogP contribution in [0.25, 0.3) is 0 Å². The van der Waals surface area contributed by atoms with Crippen molar-refractivity contribution in [2.45, 2.75) is 44.6 Å². The van der Waals surface area contributed by atoms with Crippen molar-refractivity contribution < 1.29 is 19.7 Å². The molecule has 29 heavy (non-hydrogen) atoms. The average Bonchev–Trinajstić information content (AvgIpc) is 2.93. The first-order chi connectivity index (χ1) is 13.8. The molecule has 0 spiro atoms. The van der Waals surface area contributed by atoms with E-state index in [0.29, 0.717) is 19.4 Å². The van der Waals surface area contributed by atoms with Gasteiger partial charge in [-0.3, -0.25) is 0 Å². The molecule has 4 nitrogen and oxygen atoms in total. The number of carbonyl (C=O) groups is 1. The van der Waals surface area contributed by atoms with Crippen molar-refractivity contribution in [3.63, 3.8) is 0 Å². The third-order valence-corrected chi connectivity index (χ3v) is 6.81. The van der Waals surface area contributed by atoms with Gasteiger partial charge in [0, 0.05) is 11.3 Å². The molecule has 0 aromatic heterocycles. The summed E-state index contributed by atoms with van der Waals surface area (Å²) in [7, 11) is 0. The molecule has 156 valence electrons. The van der Waals surface area contributed by atoms with Crippen molar-refractivity contribution in [2.75, 3.05) is 6.61 Å². The molecule has 1 fully saturated rings. The average molecular weight is 437 g/mol. The minimum absolute atomic E-state index is 0.0144. The molecule has 0 aliphatic heterocycles. The van der Waals surface area contributed by atoms with Gasteiger partial charge < -0.3 is 14.9 Å². The van der Waals surface area contributed by atoms with Gasteiger partial charge in [0.25, 0.3) is 0 Å². The quantitative estimate of drug-likeness (QED) is 0.579. The number of hydrogen-bond acceptors (Lipinski definition) is 3. The Balaban J connectivity index is 1.66. The lowest BCUT2D eigenvalue weighted by atomic mass is 9.89. The normalized spacial score (nSPS) is 23.9. The Bertz CT molecular complexity index is 883. The molecule has 0 heterocycles. The van der Waals surface area contributed by atoms with Gasteiger partial charge in [0.05, 0.1) is 23.3 Å². The van der Waals surface area contributed by atoms with E-state index in [1.165, 1.54) is 11.6 Å². The molecular formula is C23H26Cl2O4. The smallest absolute Gasteiger partial charge is 0.337 e. The highest BCUT2D eigenvalue weighted by molar-refractivity contribution is 6.33. The molecule has 4 atom stereocenters. The number of benzene rings is 2. The highest BCUT2D eigenvalue weighted by atomic mass is 35.5. The number of aliphatic hydroxyl groups excluding tert-OH is 1. The van der Waals surface area contributed by atoms with Crippen LogP contribution < -0.4 is 4.74 Å². The van der Waals surface area contributed by atoms with Crippen LogP contribution in [-0.4, -0.2) is 34.3 Å². The van der Waals surface area contributed by atoms with Crippen molar-refractivity contribution >= 4 is 29.2 Å². The maximum atomic E-state index is 11.1. The summed E-state index contributed by atoms with van der Waals surface area (Å²) >= 11 is 12.6. The van der Waals surface area contributed by atoms with E-state index in [1.54, 1.807) is 12.1 Å². The van der Waals surface area contributed by atoms with Crippen LogP contribution in [0.1, 0.15) is 39.9 Å². The summed E-state index contributed by atoms with van der Waals surface area (Å²) in [5.41, 5.74) is 3.33. The van der Waals surface area contributed by atoms with E-state index in [2.05, 4.69) is 13.0 Å². The van der Waals surface area contributed by atoms with Gasteiger partial charge in [0.15, 0.2) is 0 Å². The topological polar surface area (TPSA) is 66.8 Å². The van der Waals surface area contributed by atoms with Gasteiger partial charge in [-0.25, -0.2) is 4.79 Å². The number of carboxylic acids is 1. The number of carboxylic acid groups (broad SMARTS) is 1. The Morgan fingerprint density at radius 2 is 1.97 bits per heavy atom. The maximum Gasteiger partial charge on any atom is 0.337 e. The van der Waals surface area contributed by atoms with Crippen LogP contribution >= 0.6 is 23.2 Å². The van der Waals surface area contributed by atoms with Gasteiger partial charge in [-0.15, -0.1) is 11.6 Å². The fourth-order valence-corrected chi connectivity index (χ4v) is 4.78. The van der Waals surface area contributed by atoms with Crippen molar-refractivity contribution in [1.29, 1.82) is 0 Å². The van der Waals surface area contributed by atoms with Gasteiger partial charge in [-0.2, -0.15) is 0 Å². The maximum absolute atomic E-state index is 11.1. The van der Waals surface area contributed by atoms with Crippen LogP contribution in [0, 0.1) is 25.7 Å². The summed E-state index contributed by atoms with van der Waals surface area (Å²) in [6.45, 7) is 4.54. The number of halogens is 2. The number of rotatable bonds is 7. The van der Waals surface area contributed by atoms with Crippen molar-refractivity contribution in [3.05, 3.63) is 63.7 Å². The molecule has 3 rings (SSSR count). The fraction of sp³-hybridized carbons (Fsp3) is 0.435. The fourth-order valence-electron chi connectivity index (χ4n) is 4.06. The Hall–Kier alpha value is -1.75. The first-order valence-corrected chi connectivity index (χ1v) is 10.6. The first kappa shape index (κ1) is 21.9. The molecular weight excluding hydrogens is 411 g/mol. The summed E-state index contributed by atoms with van der Waals surface area (Å²) in [4.78, 5) is 11.1. The summed E-state index contributed by atoms with van der Waals surface area (Å²) in [6.07, 6.45) is 1.49. The molecule has 0 amide bonds. The molecule has 3 unspecified atom stereocenters. The van der Waals surface area contributed by atoms with Crippen LogP contribution in [0.5, 0.6) is 5.75 Å². The number of hydrogen-bond donors (Lipinski definition) is 2. The monoisotopic (exact) mass is 436 g/mol. The van der Waals surface area contributed by atoms with Crippen LogP contribution in [0.4, 0.5) is 0 Å². The van der Waals surface area contributed by atoms with Gasteiger partial charge in [0.2, 0.25) is 0 Å². The molecule has 1 aliphatic rings. The van der Waals surface area contributed by atoms with Crippen molar-refractivity contribution in [1.82, 2.24) is 0 Å². The molecule has 2 N–H and O–H groups in total. The lowest BCUT2D eigenvalue weighted by Crippen LogP contribution is -2.27. The third kappa shape index (κ3) is 5.06. The van der Waals surface area contributed by atoms with Gasteiger partial charge in [-0.1, -0.05) is 29.8 Å². The second kappa shape index (κ2) is 9.38. The van der Waals surface area contributed by atoms with Gasteiger partial charge >= 0.3 is 5.97 Å². The Morgan fingerprint density at radius 1 is 1.21 bits per heavy atom. The second-order valence-corrected chi connectivity index (χ2v) is 8.78. The highest BCUT2D eigenvalue weighted by Gasteiger charge is 2.41. The van der Waals surface area contributed by atoms with Gasteiger partial charge in [0.1, 0.15) is 5.75 Å². The molecule has 0 radical (unpaired) electrons. The zero-order valence-electron chi connectivity index (χ0n) is 16.6. The Labute approximate surface area is 181 Å². The number of aliphatic hydroxyl groups is 1. The molecule has 1 saturated carbocycles. The first-order valence-electron chi connectivity index (χ1n) is 9.80. The number of aryl methyl sites for hydroxylation is 2. The van der Waals surface area contributed by atoms with E-state index in [9.17, 15) is 9.90 Å². The predicted octanol–water partition coefficient (Wildman–Crippen LogP) is 5.27. The van der Waals surface area contributed by atoms with E-state index in [4.69, 9.17) is 33.0 Å². The SMILES string of the molecule is Cc1cccc(OCC2C(Cl)CC(O)[C@@H]2CCc2ccc(C(=O)O)c(Cl)c2)c1C. The van der Waals surface area contributed by atoms with E-state index >= 15 is 0 Å². The third-order valence-electron chi connectivity index (χ3n) is 5.99. The molecule has 2 aromatic rings. The number of ether oxygens (including phenoxy) is 1. The Morgan fingerprint density at radius 3 is 2.66 bits per heavy atom. The van der Waals surface area contributed by atoms with Gasteiger partial charge in [-0.05, 0) is 73.9 Å². The minimum Gasteiger partial charge on any atom is -0.493 e. The summed E-state index contributed by atoms with van der Waals surface area (Å²) in [6, 6.07) is 11.0. The lowest BCUT2D eigenvalue weighted by molar-refractivity contribution is 0.0697. The van der Waals surface area contributed by atoms with E-state index < -0.39 is 12.1 Å². The summed E-state index contributed by atoms with van der Waals surface area (Å²) in [5, 5.41) is 19.7. The predicted molar refractivity (Wildman–Crippen MR) is 115 cm³/mol. The zero-order chi connectivity index (χ0) is 21.1. The highest BCUT2D eigenvalue weighted by Crippen LogP contribution is 2.39. The van der Waals surface area contributed by atoms with Crippen molar-refractivity contribution in [2.24, 2.45) is 11.8 Å². The molecule has 2 aromatic carbocycles. The molecule has 6 heteroatoms. The van der Waals surface area contributed by atoms with E-state index in [-0.39, 0.29) is 27.8 Å². The van der Waals surface area contributed by atoms with Crippen LogP contribution in [0.15, 0.2) is 36.4 Å². The summed E-state index contributed by atoms with van der Waals surface area (Å²) in [5.74, 6) is -0.132. The van der Waals surface area contributed by atoms with E-state index in [1.807, 2.05) is 19.1 Å². The minimum atomic E-state index is -1.04. The van der Waals surface area contributed by atoms with E-state index in [0.717, 1.165) is 23.3 Å². The Kier molecular flexibility index (Phi) is 7.10. The van der Waals surface area contributed by atoms with Crippen LogP contribution in [-0.2, 0) is 6.42 Å².